The zero-order chi connectivity index (χ0) is 23.1. The largest absolute Gasteiger partial charge is 0.495 e. The molecule has 1 atom stereocenters. The molecular weight excluding hydrogens is 426 g/mol. The number of carbonyl (C=O) groups excluding carboxylic acids is 1. The Bertz CT molecular complexity index is 1130. The molecule has 0 aliphatic carbocycles. The van der Waals surface area contributed by atoms with Crippen molar-refractivity contribution in [2.45, 2.75) is 19.4 Å². The number of nitrogens with one attached hydrogen (secondary N) is 2. The minimum Gasteiger partial charge on any atom is -0.495 e. The van der Waals surface area contributed by atoms with Gasteiger partial charge < -0.3 is 24.7 Å². The van der Waals surface area contributed by atoms with E-state index in [4.69, 9.17) is 9.15 Å². The van der Waals surface area contributed by atoms with Crippen LogP contribution in [-0.2, 0) is 4.79 Å². The van der Waals surface area contributed by atoms with Crippen molar-refractivity contribution in [3.8, 4) is 5.75 Å². The summed E-state index contributed by atoms with van der Waals surface area (Å²) in [5.41, 5.74) is 2.17. The Morgan fingerprint density at radius 1 is 1.22 bits per heavy atom. The second-order valence-corrected chi connectivity index (χ2v) is 8.26. The number of para-hydroxylation sites is 1. The van der Waals surface area contributed by atoms with Gasteiger partial charge in [-0.25, -0.2) is 4.79 Å². The monoisotopic (exact) mass is 455 g/mol. The molecule has 0 saturated heterocycles. The van der Waals surface area contributed by atoms with Crippen molar-refractivity contribution in [2.24, 2.45) is 0 Å². The van der Waals surface area contributed by atoms with Gasteiger partial charge in [-0.1, -0.05) is 19.1 Å². The molecule has 0 saturated carbocycles. The van der Waals surface area contributed by atoms with Crippen molar-refractivity contribution < 1.29 is 13.9 Å². The highest BCUT2D eigenvalue weighted by Crippen LogP contribution is 2.34. The molecule has 0 aliphatic rings. The minimum absolute atomic E-state index is 0.107. The van der Waals surface area contributed by atoms with Crippen molar-refractivity contribution in [1.29, 1.82) is 0 Å². The standard InChI is InChI=1S/C24H29N3O4S/c1-5-25-18(12-13-32-4)24(29)26-19-14-16(10-11-22(19)30-3)27(2)20-15-23(28)31-21-9-7-6-8-17(20)21/h6-11,14-15,18,25H,5,12-13H2,1-4H3,(H,26,29). The van der Waals surface area contributed by atoms with E-state index in [0.717, 1.165) is 23.2 Å². The number of hydrogen-bond donors (Lipinski definition) is 2. The molecule has 0 aliphatic heterocycles. The lowest BCUT2D eigenvalue weighted by atomic mass is 10.1. The molecule has 1 amide bonds. The number of nitrogens with zero attached hydrogens (tertiary/aromatic N) is 1. The van der Waals surface area contributed by atoms with Crippen molar-refractivity contribution in [2.75, 3.05) is 42.9 Å². The maximum atomic E-state index is 12.9. The number of rotatable bonds is 10. The summed E-state index contributed by atoms with van der Waals surface area (Å²) < 4.78 is 10.8. The first-order chi connectivity index (χ1) is 15.5. The van der Waals surface area contributed by atoms with Crippen LogP contribution in [0.1, 0.15) is 13.3 Å². The molecule has 1 unspecified atom stereocenters. The van der Waals surface area contributed by atoms with Gasteiger partial charge in [0.05, 0.1) is 24.5 Å². The number of amides is 1. The minimum atomic E-state index is -0.421. The fourth-order valence-corrected chi connectivity index (χ4v) is 4.01. The lowest BCUT2D eigenvalue weighted by molar-refractivity contribution is -0.118. The molecule has 0 spiro atoms. The van der Waals surface area contributed by atoms with Crippen LogP contribution in [0.25, 0.3) is 11.0 Å². The number of thioether (sulfide) groups is 1. The Hall–Kier alpha value is -2.97. The van der Waals surface area contributed by atoms with Gasteiger partial charge in [0.2, 0.25) is 5.91 Å². The van der Waals surface area contributed by atoms with E-state index in [0.29, 0.717) is 29.3 Å². The summed E-state index contributed by atoms with van der Waals surface area (Å²) in [5, 5.41) is 7.07. The van der Waals surface area contributed by atoms with Crippen molar-refractivity contribution in [3.63, 3.8) is 0 Å². The number of methoxy groups -OCH3 is 1. The predicted molar refractivity (Wildman–Crippen MR) is 133 cm³/mol. The average molecular weight is 456 g/mol. The van der Waals surface area contributed by atoms with Gasteiger partial charge in [0.25, 0.3) is 0 Å². The van der Waals surface area contributed by atoms with Gasteiger partial charge in [-0.3, -0.25) is 4.79 Å². The summed E-state index contributed by atoms with van der Waals surface area (Å²) in [7, 11) is 3.44. The lowest BCUT2D eigenvalue weighted by Crippen LogP contribution is -2.40. The second-order valence-electron chi connectivity index (χ2n) is 7.27. The van der Waals surface area contributed by atoms with E-state index in [2.05, 4.69) is 10.6 Å². The number of hydrogen-bond acceptors (Lipinski definition) is 7. The van der Waals surface area contributed by atoms with Gasteiger partial charge in [0.15, 0.2) is 0 Å². The Balaban J connectivity index is 1.94. The number of carbonyl (C=O) groups is 1. The van der Waals surface area contributed by atoms with Crippen molar-refractivity contribution in [1.82, 2.24) is 5.32 Å². The van der Waals surface area contributed by atoms with Crippen LogP contribution in [0.2, 0.25) is 0 Å². The van der Waals surface area contributed by atoms with Crippen LogP contribution < -0.4 is 25.9 Å². The SMILES string of the molecule is CCNC(CCSC)C(=O)Nc1cc(N(C)c2cc(=O)oc3ccccc23)ccc1OC. The fourth-order valence-electron chi connectivity index (χ4n) is 3.54. The summed E-state index contributed by atoms with van der Waals surface area (Å²) in [6.45, 7) is 2.69. The van der Waals surface area contributed by atoms with Gasteiger partial charge in [0, 0.05) is 24.2 Å². The van der Waals surface area contributed by atoms with E-state index in [1.165, 1.54) is 6.07 Å². The van der Waals surface area contributed by atoms with E-state index in [-0.39, 0.29) is 11.9 Å². The summed E-state index contributed by atoms with van der Waals surface area (Å²) in [5.74, 6) is 1.34. The van der Waals surface area contributed by atoms with Crippen LogP contribution in [0.5, 0.6) is 5.75 Å². The summed E-state index contributed by atoms with van der Waals surface area (Å²) >= 11 is 1.71. The summed E-state index contributed by atoms with van der Waals surface area (Å²) in [4.78, 5) is 26.9. The first-order valence-electron chi connectivity index (χ1n) is 10.5. The highest BCUT2D eigenvalue weighted by Gasteiger charge is 2.20. The quantitative estimate of drug-likeness (QED) is 0.443. The molecule has 170 valence electrons. The van der Waals surface area contributed by atoms with E-state index < -0.39 is 5.63 Å². The molecule has 8 heteroatoms. The van der Waals surface area contributed by atoms with Gasteiger partial charge in [-0.2, -0.15) is 11.8 Å². The zero-order valence-electron chi connectivity index (χ0n) is 18.8. The van der Waals surface area contributed by atoms with Crippen LogP contribution >= 0.6 is 11.8 Å². The van der Waals surface area contributed by atoms with Crippen LogP contribution in [-0.4, -0.2) is 44.7 Å². The highest BCUT2D eigenvalue weighted by atomic mass is 32.2. The second kappa shape index (κ2) is 11.1. The molecule has 1 aromatic heterocycles. The van der Waals surface area contributed by atoms with Gasteiger partial charge in [-0.05, 0) is 55.3 Å². The van der Waals surface area contributed by atoms with Gasteiger partial charge >= 0.3 is 5.63 Å². The number of likely N-dealkylation sites (N-methyl/N-ethyl adjacent to an activating group) is 1. The van der Waals surface area contributed by atoms with Gasteiger partial charge in [-0.15, -0.1) is 0 Å². The smallest absolute Gasteiger partial charge is 0.338 e. The van der Waals surface area contributed by atoms with Crippen molar-refractivity contribution in [3.05, 3.63) is 59.0 Å². The molecule has 2 aromatic carbocycles. The van der Waals surface area contributed by atoms with Crippen molar-refractivity contribution >= 4 is 45.7 Å². The first-order valence-corrected chi connectivity index (χ1v) is 11.9. The molecule has 0 bridgehead atoms. The number of benzene rings is 2. The average Bonchev–Trinajstić information content (AvgIpc) is 2.80. The summed E-state index contributed by atoms with van der Waals surface area (Å²) in [6, 6.07) is 14.1. The fraction of sp³-hybridized carbons (Fsp3) is 0.333. The normalized spacial score (nSPS) is 11.9. The third-order valence-electron chi connectivity index (χ3n) is 5.20. The Kier molecular flexibility index (Phi) is 8.19. The first kappa shape index (κ1) is 23.7. The molecule has 7 nitrogen and oxygen atoms in total. The topological polar surface area (TPSA) is 83.8 Å². The van der Waals surface area contributed by atoms with E-state index in [1.54, 1.807) is 31.0 Å². The third kappa shape index (κ3) is 5.44. The van der Waals surface area contributed by atoms with E-state index in [1.807, 2.05) is 55.5 Å². The number of fused-ring (bicyclic) bond motifs is 1. The van der Waals surface area contributed by atoms with Crippen LogP contribution in [0.4, 0.5) is 17.1 Å². The molecule has 0 fully saturated rings. The predicted octanol–water partition coefficient (Wildman–Crippen LogP) is 4.24. The van der Waals surface area contributed by atoms with Crippen LogP contribution in [0, 0.1) is 0 Å². The maximum Gasteiger partial charge on any atom is 0.338 e. The van der Waals surface area contributed by atoms with E-state index in [9.17, 15) is 9.59 Å². The van der Waals surface area contributed by atoms with Crippen LogP contribution in [0.15, 0.2) is 57.7 Å². The van der Waals surface area contributed by atoms with Crippen LogP contribution in [0.3, 0.4) is 0 Å². The molecule has 32 heavy (non-hydrogen) atoms. The molecule has 2 N–H and O–H groups in total. The molecule has 1 heterocycles. The Labute approximate surface area is 192 Å². The molecule has 0 radical (unpaired) electrons. The van der Waals surface area contributed by atoms with E-state index >= 15 is 0 Å². The Morgan fingerprint density at radius 2 is 2.00 bits per heavy atom. The number of anilines is 3. The number of ether oxygens (including phenoxy) is 1. The lowest BCUT2D eigenvalue weighted by Gasteiger charge is -2.23. The molecule has 3 rings (SSSR count). The molecule has 3 aromatic rings. The Morgan fingerprint density at radius 3 is 2.72 bits per heavy atom. The maximum absolute atomic E-state index is 12.9. The molecular formula is C24H29N3O4S. The highest BCUT2D eigenvalue weighted by molar-refractivity contribution is 7.98. The summed E-state index contributed by atoms with van der Waals surface area (Å²) in [6.07, 6.45) is 2.76. The third-order valence-corrected chi connectivity index (χ3v) is 5.84. The zero-order valence-corrected chi connectivity index (χ0v) is 19.6. The van der Waals surface area contributed by atoms with Gasteiger partial charge in [0.1, 0.15) is 11.3 Å².